The average molecular weight is 410 g/mol. The van der Waals surface area contributed by atoms with E-state index in [1.807, 2.05) is 11.0 Å². The minimum absolute atomic E-state index is 0.208. The Morgan fingerprint density at radius 3 is 2.52 bits per heavy atom. The molecule has 2 aromatic carbocycles. The lowest BCUT2D eigenvalue weighted by molar-refractivity contribution is -0.130. The highest BCUT2D eigenvalue weighted by Gasteiger charge is 2.24. The van der Waals surface area contributed by atoms with Crippen LogP contribution in [0.4, 0.5) is 5.13 Å². The molecule has 6 heteroatoms. The van der Waals surface area contributed by atoms with Crippen molar-refractivity contribution in [2.24, 2.45) is 0 Å². The Morgan fingerprint density at radius 2 is 1.79 bits per heavy atom. The number of aromatic nitrogens is 1. The number of carbonyl (C=O) groups is 1. The number of benzene rings is 2. The summed E-state index contributed by atoms with van der Waals surface area (Å²) in [7, 11) is 1.68. The van der Waals surface area contributed by atoms with Gasteiger partial charge in [0, 0.05) is 26.2 Å². The molecule has 0 unspecified atom stereocenters. The summed E-state index contributed by atoms with van der Waals surface area (Å²) in [5, 5.41) is 1.01. The number of thiazole rings is 1. The highest BCUT2D eigenvalue weighted by Crippen LogP contribution is 2.36. The monoisotopic (exact) mass is 409 g/mol. The lowest BCUT2D eigenvalue weighted by Crippen LogP contribution is -2.49. The van der Waals surface area contributed by atoms with E-state index in [4.69, 9.17) is 9.72 Å². The lowest BCUT2D eigenvalue weighted by atomic mass is 10.0. The summed E-state index contributed by atoms with van der Waals surface area (Å²) in [5.74, 6) is 1.02. The minimum Gasteiger partial charge on any atom is -0.494 e. The maximum Gasteiger partial charge on any atom is 0.227 e. The molecule has 0 bridgehead atoms. The van der Waals surface area contributed by atoms with Crippen LogP contribution in [0.15, 0.2) is 30.3 Å². The molecular formula is C23H27N3O2S. The van der Waals surface area contributed by atoms with Crippen LogP contribution in [-0.2, 0) is 11.2 Å². The summed E-state index contributed by atoms with van der Waals surface area (Å²) >= 11 is 1.71. The van der Waals surface area contributed by atoms with Crippen molar-refractivity contribution < 1.29 is 9.53 Å². The zero-order valence-electron chi connectivity index (χ0n) is 17.5. The third-order valence-corrected chi connectivity index (χ3v) is 6.91. The van der Waals surface area contributed by atoms with E-state index in [0.717, 1.165) is 48.1 Å². The molecule has 0 aliphatic carbocycles. The second-order valence-corrected chi connectivity index (χ2v) is 8.71. The van der Waals surface area contributed by atoms with Crippen LogP contribution in [0.2, 0.25) is 0 Å². The van der Waals surface area contributed by atoms with Gasteiger partial charge in [-0.05, 0) is 43.5 Å². The van der Waals surface area contributed by atoms with Crippen LogP contribution in [0.5, 0.6) is 5.75 Å². The fourth-order valence-corrected chi connectivity index (χ4v) is 4.91. The second kappa shape index (κ2) is 8.03. The molecule has 29 heavy (non-hydrogen) atoms. The first-order chi connectivity index (χ1) is 14.0. The largest absolute Gasteiger partial charge is 0.494 e. The van der Waals surface area contributed by atoms with E-state index in [2.05, 4.69) is 49.9 Å². The molecule has 1 aliphatic rings. The van der Waals surface area contributed by atoms with Gasteiger partial charge in [0.05, 0.1) is 18.2 Å². The fourth-order valence-electron chi connectivity index (χ4n) is 3.81. The topological polar surface area (TPSA) is 45.7 Å². The molecule has 3 aromatic rings. The number of ether oxygens (including phenoxy) is 1. The molecule has 1 aliphatic heterocycles. The first kappa shape index (κ1) is 19.7. The highest BCUT2D eigenvalue weighted by molar-refractivity contribution is 7.22. The van der Waals surface area contributed by atoms with E-state index in [0.29, 0.717) is 6.42 Å². The highest BCUT2D eigenvalue weighted by atomic mass is 32.1. The molecule has 0 N–H and O–H groups in total. The molecule has 1 fully saturated rings. The van der Waals surface area contributed by atoms with Crippen LogP contribution in [0.3, 0.4) is 0 Å². The maximum absolute atomic E-state index is 12.8. The van der Waals surface area contributed by atoms with E-state index < -0.39 is 0 Å². The Bertz CT molecular complexity index is 1050. The molecular weight excluding hydrogens is 382 g/mol. The number of fused-ring (bicyclic) bond motifs is 1. The number of carbonyl (C=O) groups excluding carboxylic acids is 1. The third-order valence-electron chi connectivity index (χ3n) is 5.66. The van der Waals surface area contributed by atoms with Crippen LogP contribution in [0.25, 0.3) is 10.2 Å². The van der Waals surface area contributed by atoms with Gasteiger partial charge in [-0.3, -0.25) is 4.79 Å². The van der Waals surface area contributed by atoms with Gasteiger partial charge in [-0.25, -0.2) is 4.98 Å². The zero-order chi connectivity index (χ0) is 20.5. The zero-order valence-corrected chi connectivity index (χ0v) is 18.3. The number of aryl methyl sites for hydroxylation is 3. The molecule has 1 aromatic heterocycles. The number of rotatable bonds is 4. The van der Waals surface area contributed by atoms with Gasteiger partial charge < -0.3 is 14.5 Å². The number of hydrogen-bond acceptors (Lipinski definition) is 5. The van der Waals surface area contributed by atoms with Crippen LogP contribution < -0.4 is 9.64 Å². The van der Waals surface area contributed by atoms with E-state index in [1.54, 1.807) is 18.4 Å². The fraction of sp³-hybridized carbons (Fsp3) is 0.391. The van der Waals surface area contributed by atoms with Crippen molar-refractivity contribution in [3.05, 3.63) is 52.6 Å². The number of methoxy groups -OCH3 is 1. The predicted octanol–water partition coefficient (Wildman–Crippen LogP) is 4.12. The number of amides is 1. The summed E-state index contributed by atoms with van der Waals surface area (Å²) in [6.07, 6.45) is 0.477. The molecule has 1 amide bonds. The normalized spacial score (nSPS) is 14.5. The van der Waals surface area contributed by atoms with Gasteiger partial charge in [0.2, 0.25) is 5.91 Å². The predicted molar refractivity (Wildman–Crippen MR) is 119 cm³/mol. The molecule has 4 rings (SSSR count). The van der Waals surface area contributed by atoms with Crippen molar-refractivity contribution in [2.45, 2.75) is 27.2 Å². The first-order valence-electron chi connectivity index (χ1n) is 9.99. The first-order valence-corrected chi connectivity index (χ1v) is 10.8. The van der Waals surface area contributed by atoms with Gasteiger partial charge in [-0.1, -0.05) is 41.2 Å². The standard InChI is InChI=1S/C23H27N3O2S/c1-15-5-6-16(2)18(13-15)14-20(27)25-9-11-26(12-10-25)23-24-21-19(28-4)8-7-17(3)22(21)29-23/h5-8,13H,9-12,14H2,1-4H3. The Hall–Kier alpha value is -2.60. The van der Waals surface area contributed by atoms with Gasteiger partial charge in [0.25, 0.3) is 0 Å². The van der Waals surface area contributed by atoms with Crippen molar-refractivity contribution in [2.75, 3.05) is 38.2 Å². The van der Waals surface area contributed by atoms with Gasteiger partial charge in [0.15, 0.2) is 5.13 Å². The van der Waals surface area contributed by atoms with Gasteiger partial charge >= 0.3 is 0 Å². The quantitative estimate of drug-likeness (QED) is 0.650. The Labute approximate surface area is 175 Å². The molecule has 5 nitrogen and oxygen atoms in total. The minimum atomic E-state index is 0.208. The van der Waals surface area contributed by atoms with Crippen LogP contribution in [-0.4, -0.2) is 49.1 Å². The van der Waals surface area contributed by atoms with Crippen molar-refractivity contribution in [3.63, 3.8) is 0 Å². The van der Waals surface area contributed by atoms with Gasteiger partial charge in [-0.2, -0.15) is 0 Å². The SMILES string of the molecule is COc1ccc(C)c2sc(N3CCN(C(=O)Cc4cc(C)ccc4C)CC3)nc12. The molecule has 0 saturated carbocycles. The molecule has 0 spiro atoms. The molecule has 0 atom stereocenters. The number of anilines is 1. The molecule has 0 radical (unpaired) electrons. The Balaban J connectivity index is 1.44. The summed E-state index contributed by atoms with van der Waals surface area (Å²) in [4.78, 5) is 21.9. The second-order valence-electron chi connectivity index (χ2n) is 7.73. The van der Waals surface area contributed by atoms with Crippen molar-refractivity contribution >= 4 is 32.6 Å². The molecule has 152 valence electrons. The number of hydrogen-bond donors (Lipinski definition) is 0. The van der Waals surface area contributed by atoms with Gasteiger partial charge in [0.1, 0.15) is 11.3 Å². The Kier molecular flexibility index (Phi) is 5.46. The van der Waals surface area contributed by atoms with Crippen LogP contribution in [0.1, 0.15) is 22.3 Å². The molecule has 1 saturated heterocycles. The smallest absolute Gasteiger partial charge is 0.227 e. The van der Waals surface area contributed by atoms with Crippen molar-refractivity contribution in [1.82, 2.24) is 9.88 Å². The van der Waals surface area contributed by atoms with E-state index in [-0.39, 0.29) is 5.91 Å². The lowest BCUT2D eigenvalue weighted by Gasteiger charge is -2.34. The summed E-state index contributed by atoms with van der Waals surface area (Å²) < 4.78 is 6.65. The average Bonchev–Trinajstić information content (AvgIpc) is 3.17. The van der Waals surface area contributed by atoms with E-state index in [1.165, 1.54) is 21.4 Å². The van der Waals surface area contributed by atoms with Crippen molar-refractivity contribution in [3.8, 4) is 5.75 Å². The van der Waals surface area contributed by atoms with E-state index >= 15 is 0 Å². The molecule has 2 heterocycles. The van der Waals surface area contributed by atoms with Crippen LogP contribution >= 0.6 is 11.3 Å². The number of nitrogens with zero attached hydrogens (tertiary/aromatic N) is 3. The summed E-state index contributed by atoms with van der Waals surface area (Å²) in [5.41, 5.74) is 5.66. The maximum atomic E-state index is 12.8. The Morgan fingerprint density at radius 1 is 1.07 bits per heavy atom. The number of piperazine rings is 1. The summed E-state index contributed by atoms with van der Waals surface area (Å²) in [6.45, 7) is 9.32. The van der Waals surface area contributed by atoms with E-state index in [9.17, 15) is 4.79 Å². The van der Waals surface area contributed by atoms with Crippen molar-refractivity contribution in [1.29, 1.82) is 0 Å². The van der Waals surface area contributed by atoms with Crippen LogP contribution in [0, 0.1) is 20.8 Å². The third kappa shape index (κ3) is 3.94. The summed E-state index contributed by atoms with van der Waals surface area (Å²) in [6, 6.07) is 10.4. The van der Waals surface area contributed by atoms with Gasteiger partial charge in [-0.15, -0.1) is 0 Å².